The molecule has 0 bridgehead atoms. The summed E-state index contributed by atoms with van der Waals surface area (Å²) in [5.74, 6) is 3.59. The van der Waals surface area contributed by atoms with Crippen molar-refractivity contribution < 1.29 is 9.15 Å². The zero-order chi connectivity index (χ0) is 21.3. The van der Waals surface area contributed by atoms with Crippen molar-refractivity contribution in [2.24, 2.45) is 0 Å². The van der Waals surface area contributed by atoms with Gasteiger partial charge in [0.05, 0.1) is 29.9 Å². The van der Waals surface area contributed by atoms with Gasteiger partial charge in [0.15, 0.2) is 0 Å². The van der Waals surface area contributed by atoms with Gasteiger partial charge >= 0.3 is 11.5 Å². The van der Waals surface area contributed by atoms with Crippen LogP contribution in [0.1, 0.15) is 11.1 Å². The Morgan fingerprint density at radius 3 is 1.81 bits per heavy atom. The highest BCUT2D eigenvalue weighted by molar-refractivity contribution is 7.98. The lowest BCUT2D eigenvalue weighted by Gasteiger charge is -2.04. The lowest BCUT2D eigenvalue weighted by atomic mass is 10.1. The summed E-state index contributed by atoms with van der Waals surface area (Å²) in [5, 5.41) is 0. The first-order valence-corrected chi connectivity index (χ1v) is 11.7. The van der Waals surface area contributed by atoms with E-state index in [1.165, 1.54) is 0 Å². The molecule has 1 heterocycles. The number of rotatable bonds is 8. The van der Waals surface area contributed by atoms with Gasteiger partial charge < -0.3 is 4.74 Å². The quantitative estimate of drug-likeness (QED) is 0.212. The van der Waals surface area contributed by atoms with Crippen molar-refractivity contribution in [3.05, 3.63) is 108 Å². The van der Waals surface area contributed by atoms with E-state index in [9.17, 15) is 0 Å². The maximum atomic E-state index is 6.25. The normalized spacial score (nSPS) is 11.0. The summed E-state index contributed by atoms with van der Waals surface area (Å²) in [6.45, 7) is 0.731. The first kappa shape index (κ1) is 21.0. The molecule has 0 aliphatic rings. The highest BCUT2D eigenvalue weighted by Crippen LogP contribution is 2.29. The van der Waals surface area contributed by atoms with Crippen LogP contribution in [-0.2, 0) is 0 Å². The fraction of sp³-hybridized carbons (Fsp3) is 0.107. The van der Waals surface area contributed by atoms with Gasteiger partial charge in [-0.05, 0) is 53.8 Å². The minimum absolute atomic E-state index is 0.731. The Morgan fingerprint density at radius 1 is 0.710 bits per heavy atom. The molecule has 154 valence electrons. The van der Waals surface area contributed by atoms with Crippen LogP contribution in [-0.4, -0.2) is 18.6 Å². The van der Waals surface area contributed by atoms with Crippen LogP contribution in [0.4, 0.5) is 0 Å². The van der Waals surface area contributed by atoms with Crippen molar-refractivity contribution in [1.29, 1.82) is 0 Å². The second kappa shape index (κ2) is 10.6. The van der Waals surface area contributed by atoms with Crippen molar-refractivity contribution in [3.63, 3.8) is 0 Å². The Labute approximate surface area is 188 Å². The summed E-state index contributed by atoms with van der Waals surface area (Å²) < 4.78 is 12.0. The molecule has 1 aromatic heterocycles. The van der Waals surface area contributed by atoms with Crippen LogP contribution >= 0.6 is 11.8 Å². The number of thioether (sulfide) groups is 1. The third-order valence-electron chi connectivity index (χ3n) is 4.84. The maximum Gasteiger partial charge on any atom is 0.361 e. The maximum absolute atomic E-state index is 6.25. The Morgan fingerprint density at radius 2 is 1.26 bits per heavy atom. The molecule has 3 heteroatoms. The van der Waals surface area contributed by atoms with Gasteiger partial charge in [-0.2, -0.15) is 11.8 Å². The van der Waals surface area contributed by atoms with E-state index >= 15 is 0 Å². The average molecular weight is 426 g/mol. The molecule has 0 radical (unpaired) electrons. The van der Waals surface area contributed by atoms with Gasteiger partial charge in [0, 0.05) is 5.75 Å². The molecular formula is C28H25O2S+. The Balaban J connectivity index is 1.61. The Bertz CT molecular complexity index is 1060. The van der Waals surface area contributed by atoms with E-state index in [-0.39, 0.29) is 0 Å². The molecule has 0 spiro atoms. The van der Waals surface area contributed by atoms with Gasteiger partial charge in [0.2, 0.25) is 0 Å². The summed E-state index contributed by atoms with van der Waals surface area (Å²) in [4.78, 5) is 0. The molecule has 4 rings (SSSR count). The second-order valence-electron chi connectivity index (χ2n) is 7.09. The summed E-state index contributed by atoms with van der Waals surface area (Å²) in [7, 11) is 0. The molecule has 0 saturated carbocycles. The number of ether oxygens (including phenoxy) is 1. The van der Waals surface area contributed by atoms with E-state index in [4.69, 9.17) is 9.15 Å². The van der Waals surface area contributed by atoms with Crippen molar-refractivity contribution in [2.75, 3.05) is 18.6 Å². The largest absolute Gasteiger partial charge is 0.493 e. The van der Waals surface area contributed by atoms with Crippen molar-refractivity contribution in [1.82, 2.24) is 0 Å². The molecule has 3 aromatic carbocycles. The van der Waals surface area contributed by atoms with Gasteiger partial charge in [-0.25, -0.2) is 4.42 Å². The number of hydrogen-bond acceptors (Lipinski definition) is 2. The van der Waals surface area contributed by atoms with E-state index in [0.717, 1.165) is 51.9 Å². The first-order chi connectivity index (χ1) is 15.3. The molecule has 31 heavy (non-hydrogen) atoms. The summed E-state index contributed by atoms with van der Waals surface area (Å²) >= 11 is 1.78. The molecule has 0 N–H and O–H groups in total. The monoisotopic (exact) mass is 425 g/mol. The topological polar surface area (TPSA) is 20.5 Å². The van der Waals surface area contributed by atoms with Crippen LogP contribution < -0.4 is 4.74 Å². The van der Waals surface area contributed by atoms with Crippen LogP contribution in [0.2, 0.25) is 0 Å². The highest BCUT2D eigenvalue weighted by Gasteiger charge is 2.18. The molecule has 0 aliphatic heterocycles. The summed E-state index contributed by atoms with van der Waals surface area (Å²) in [6, 6.07) is 32.8. The van der Waals surface area contributed by atoms with E-state index in [2.05, 4.69) is 66.9 Å². The standard InChI is InChI=1S/C28H25O2S/c1-31-19-18-29-26-16-14-22(15-17-26)12-13-23-20-27(24-8-4-2-5-9-24)30-28(21-23)25-10-6-3-7-11-25/h2-17,20-21H,18-19H2,1H3/q+1. The lowest BCUT2D eigenvalue weighted by molar-refractivity contribution is 0.344. The van der Waals surface area contributed by atoms with Crippen LogP contribution in [0.15, 0.2) is 101 Å². The zero-order valence-corrected chi connectivity index (χ0v) is 18.3. The number of hydrogen-bond donors (Lipinski definition) is 0. The predicted octanol–water partition coefficient (Wildman–Crippen LogP) is 7.81. The predicted molar refractivity (Wildman–Crippen MR) is 133 cm³/mol. The molecule has 4 aromatic rings. The summed E-state index contributed by atoms with van der Waals surface area (Å²) in [5.41, 5.74) is 4.33. The minimum Gasteiger partial charge on any atom is -0.493 e. The van der Waals surface area contributed by atoms with Gasteiger partial charge in [0.1, 0.15) is 5.75 Å². The van der Waals surface area contributed by atoms with E-state index < -0.39 is 0 Å². The third kappa shape index (κ3) is 5.87. The van der Waals surface area contributed by atoms with Crippen molar-refractivity contribution in [2.45, 2.75) is 0 Å². The molecular weight excluding hydrogens is 400 g/mol. The van der Waals surface area contributed by atoms with Gasteiger partial charge in [0.25, 0.3) is 0 Å². The fourth-order valence-electron chi connectivity index (χ4n) is 3.22. The fourth-order valence-corrected chi connectivity index (χ4v) is 3.47. The third-order valence-corrected chi connectivity index (χ3v) is 5.41. The highest BCUT2D eigenvalue weighted by atomic mass is 32.2. The van der Waals surface area contributed by atoms with E-state index in [0.29, 0.717) is 0 Å². The van der Waals surface area contributed by atoms with Crippen LogP contribution in [0, 0.1) is 0 Å². The van der Waals surface area contributed by atoms with E-state index in [1.807, 2.05) is 48.5 Å². The van der Waals surface area contributed by atoms with Crippen LogP contribution in [0.25, 0.3) is 34.8 Å². The van der Waals surface area contributed by atoms with Gasteiger partial charge in [-0.1, -0.05) is 60.7 Å². The molecule has 0 atom stereocenters. The SMILES string of the molecule is CSCCOc1ccc(C=Cc2cc(-c3ccccc3)[o+]c(-c3ccccc3)c2)cc1. The van der Waals surface area contributed by atoms with Crippen molar-refractivity contribution in [3.8, 4) is 28.4 Å². The molecule has 0 fully saturated rings. The second-order valence-corrected chi connectivity index (χ2v) is 8.08. The van der Waals surface area contributed by atoms with Crippen molar-refractivity contribution >= 4 is 23.9 Å². The minimum atomic E-state index is 0.731. The Hall–Kier alpha value is -3.30. The van der Waals surface area contributed by atoms with Crippen LogP contribution in [0.5, 0.6) is 5.75 Å². The summed E-state index contributed by atoms with van der Waals surface area (Å²) in [6.07, 6.45) is 6.32. The zero-order valence-electron chi connectivity index (χ0n) is 17.5. The van der Waals surface area contributed by atoms with Gasteiger partial charge in [-0.15, -0.1) is 0 Å². The van der Waals surface area contributed by atoms with Crippen LogP contribution in [0.3, 0.4) is 0 Å². The smallest absolute Gasteiger partial charge is 0.361 e. The lowest BCUT2D eigenvalue weighted by Crippen LogP contribution is -1.99. The molecule has 0 saturated heterocycles. The average Bonchev–Trinajstić information content (AvgIpc) is 2.85. The molecule has 0 aliphatic carbocycles. The van der Waals surface area contributed by atoms with E-state index in [1.54, 1.807) is 11.8 Å². The molecule has 2 nitrogen and oxygen atoms in total. The first-order valence-electron chi connectivity index (χ1n) is 10.3. The molecule has 0 amide bonds. The molecule has 0 unspecified atom stereocenters. The number of benzene rings is 3. The Kier molecular flexibility index (Phi) is 7.20. The van der Waals surface area contributed by atoms with Gasteiger partial charge in [-0.3, -0.25) is 0 Å².